The highest BCUT2D eigenvalue weighted by molar-refractivity contribution is 5.17. The van der Waals surface area contributed by atoms with Gasteiger partial charge in [-0.25, -0.2) is 10.0 Å². The van der Waals surface area contributed by atoms with E-state index >= 15 is 0 Å². The number of hydrogen-bond acceptors (Lipinski definition) is 3. The third kappa shape index (κ3) is 8.58. The van der Waals surface area contributed by atoms with E-state index in [1.54, 1.807) is 0 Å². The molecular weight excluding hydrogens is 392 g/mol. The van der Waals surface area contributed by atoms with Gasteiger partial charge in [-0.05, 0) is 41.9 Å². The van der Waals surface area contributed by atoms with Gasteiger partial charge in [-0.3, -0.25) is 0 Å². The number of benzene rings is 3. The summed E-state index contributed by atoms with van der Waals surface area (Å²) in [7, 11) is 0. The molecule has 0 aliphatic heterocycles. The highest BCUT2D eigenvalue weighted by Crippen LogP contribution is 2.17. The van der Waals surface area contributed by atoms with Crippen LogP contribution in [0.25, 0.3) is 0 Å². The quantitative estimate of drug-likeness (QED) is 0.340. The lowest BCUT2D eigenvalue weighted by molar-refractivity contribution is -0.0706. The SMILES string of the molecule is CC(C)CCN(C[C@@H](O)CCc1ccccc1)N(Cc1ccccc1)Cc1ccccc1. The average Bonchev–Trinajstić information content (AvgIpc) is 2.82. The largest absolute Gasteiger partial charge is 0.392 e. The number of nitrogens with zero attached hydrogens (tertiary/aromatic N) is 2. The number of hydrogen-bond donors (Lipinski definition) is 1. The predicted octanol–water partition coefficient (Wildman–Crippen LogP) is 5.95. The molecule has 32 heavy (non-hydrogen) atoms. The van der Waals surface area contributed by atoms with Gasteiger partial charge >= 0.3 is 0 Å². The highest BCUT2D eigenvalue weighted by atomic mass is 16.3. The maximum absolute atomic E-state index is 11.0. The van der Waals surface area contributed by atoms with Crippen molar-refractivity contribution < 1.29 is 5.11 Å². The third-order valence-corrected chi connectivity index (χ3v) is 5.81. The van der Waals surface area contributed by atoms with Gasteiger partial charge in [-0.2, -0.15) is 0 Å². The van der Waals surface area contributed by atoms with Crippen LogP contribution in [0.3, 0.4) is 0 Å². The fourth-order valence-corrected chi connectivity index (χ4v) is 3.91. The first-order valence-electron chi connectivity index (χ1n) is 11.9. The van der Waals surface area contributed by atoms with E-state index in [0.717, 1.165) is 38.9 Å². The number of rotatable bonds is 13. The van der Waals surface area contributed by atoms with Crippen LogP contribution >= 0.6 is 0 Å². The highest BCUT2D eigenvalue weighted by Gasteiger charge is 2.20. The molecule has 0 fully saturated rings. The molecule has 3 rings (SSSR count). The summed E-state index contributed by atoms with van der Waals surface area (Å²) in [5.41, 5.74) is 3.86. The van der Waals surface area contributed by atoms with E-state index in [2.05, 4.69) is 109 Å². The molecule has 0 spiro atoms. The van der Waals surface area contributed by atoms with Crippen molar-refractivity contribution in [3.8, 4) is 0 Å². The van der Waals surface area contributed by atoms with Crippen LogP contribution in [0.5, 0.6) is 0 Å². The molecule has 3 heteroatoms. The average molecular weight is 431 g/mol. The van der Waals surface area contributed by atoms with Crippen LogP contribution in [0.2, 0.25) is 0 Å². The minimum Gasteiger partial charge on any atom is -0.392 e. The first-order valence-corrected chi connectivity index (χ1v) is 11.9. The second-order valence-corrected chi connectivity index (χ2v) is 9.07. The molecule has 0 amide bonds. The van der Waals surface area contributed by atoms with E-state index < -0.39 is 0 Å². The molecule has 0 aliphatic carbocycles. The Bertz CT molecular complexity index is 826. The lowest BCUT2D eigenvalue weighted by Crippen LogP contribution is -2.46. The summed E-state index contributed by atoms with van der Waals surface area (Å²) >= 11 is 0. The summed E-state index contributed by atoms with van der Waals surface area (Å²) in [6.07, 6.45) is 2.41. The molecule has 0 heterocycles. The minimum absolute atomic E-state index is 0.364. The third-order valence-electron chi connectivity index (χ3n) is 5.81. The van der Waals surface area contributed by atoms with Gasteiger partial charge in [-0.1, -0.05) is 105 Å². The maximum Gasteiger partial charge on any atom is 0.0684 e. The first kappa shape index (κ1) is 24.2. The molecule has 1 atom stereocenters. The maximum atomic E-state index is 11.0. The van der Waals surface area contributed by atoms with Crippen molar-refractivity contribution in [1.29, 1.82) is 0 Å². The van der Waals surface area contributed by atoms with E-state index in [4.69, 9.17) is 0 Å². The Hall–Kier alpha value is -2.46. The van der Waals surface area contributed by atoms with Crippen LogP contribution in [0.4, 0.5) is 0 Å². The Kier molecular flexibility index (Phi) is 9.96. The van der Waals surface area contributed by atoms with Gasteiger partial charge in [0.2, 0.25) is 0 Å². The second kappa shape index (κ2) is 13.2. The first-order chi connectivity index (χ1) is 15.6. The molecule has 0 saturated heterocycles. The van der Waals surface area contributed by atoms with Gasteiger partial charge in [0.25, 0.3) is 0 Å². The van der Waals surface area contributed by atoms with Crippen LogP contribution < -0.4 is 0 Å². The lowest BCUT2D eigenvalue weighted by atomic mass is 10.1. The Morgan fingerprint density at radius 1 is 0.625 bits per heavy atom. The molecule has 0 aromatic heterocycles. The summed E-state index contributed by atoms with van der Waals surface area (Å²) in [5, 5.41) is 15.8. The summed E-state index contributed by atoms with van der Waals surface area (Å²) in [6.45, 7) is 7.79. The summed E-state index contributed by atoms with van der Waals surface area (Å²) in [4.78, 5) is 0. The fraction of sp³-hybridized carbons (Fsp3) is 0.379. The molecule has 0 unspecified atom stereocenters. The van der Waals surface area contributed by atoms with E-state index in [1.807, 2.05) is 6.07 Å². The van der Waals surface area contributed by atoms with Crippen molar-refractivity contribution in [2.24, 2.45) is 5.92 Å². The Morgan fingerprint density at radius 2 is 1.09 bits per heavy atom. The monoisotopic (exact) mass is 430 g/mol. The van der Waals surface area contributed by atoms with Crippen LogP contribution in [-0.4, -0.2) is 34.3 Å². The lowest BCUT2D eigenvalue weighted by Gasteiger charge is -2.37. The molecule has 0 saturated carbocycles. The van der Waals surface area contributed by atoms with Crippen molar-refractivity contribution in [2.75, 3.05) is 13.1 Å². The molecule has 3 nitrogen and oxygen atoms in total. The smallest absolute Gasteiger partial charge is 0.0684 e. The van der Waals surface area contributed by atoms with Crippen LogP contribution in [0, 0.1) is 5.92 Å². The van der Waals surface area contributed by atoms with E-state index in [9.17, 15) is 5.11 Å². The number of aliphatic hydroxyl groups is 1. The standard InChI is InChI=1S/C29H38N2O/c1-25(2)20-21-30(24-29(32)19-18-26-12-6-3-7-13-26)31(22-27-14-8-4-9-15-27)23-28-16-10-5-11-17-28/h3-17,25,29,32H,18-24H2,1-2H3/t29-/m0/s1. The fourth-order valence-electron chi connectivity index (χ4n) is 3.91. The van der Waals surface area contributed by atoms with E-state index in [1.165, 1.54) is 16.7 Å². The molecule has 3 aromatic carbocycles. The Balaban J connectivity index is 1.73. The Labute approximate surface area is 194 Å². The molecule has 0 bridgehead atoms. The van der Waals surface area contributed by atoms with E-state index in [0.29, 0.717) is 12.5 Å². The molecule has 170 valence electrons. The van der Waals surface area contributed by atoms with Gasteiger partial charge < -0.3 is 5.11 Å². The molecule has 1 N–H and O–H groups in total. The van der Waals surface area contributed by atoms with Gasteiger partial charge in [0.1, 0.15) is 0 Å². The number of hydrazine groups is 1. The number of aryl methyl sites for hydroxylation is 1. The molecule has 3 aromatic rings. The van der Waals surface area contributed by atoms with Crippen molar-refractivity contribution in [3.05, 3.63) is 108 Å². The zero-order valence-corrected chi connectivity index (χ0v) is 19.6. The predicted molar refractivity (Wildman–Crippen MR) is 134 cm³/mol. The molecule has 0 aliphatic rings. The summed E-state index contributed by atoms with van der Waals surface area (Å²) < 4.78 is 0. The zero-order chi connectivity index (χ0) is 22.6. The summed E-state index contributed by atoms with van der Waals surface area (Å²) in [5.74, 6) is 0.620. The van der Waals surface area contributed by atoms with Gasteiger partial charge in [0.15, 0.2) is 0 Å². The topological polar surface area (TPSA) is 26.7 Å². The second-order valence-electron chi connectivity index (χ2n) is 9.07. The van der Waals surface area contributed by atoms with Crippen LogP contribution in [-0.2, 0) is 19.5 Å². The van der Waals surface area contributed by atoms with Gasteiger partial charge in [0.05, 0.1) is 6.10 Å². The summed E-state index contributed by atoms with van der Waals surface area (Å²) in [6, 6.07) is 31.7. The van der Waals surface area contributed by atoms with Crippen molar-refractivity contribution in [3.63, 3.8) is 0 Å². The zero-order valence-electron chi connectivity index (χ0n) is 19.6. The van der Waals surface area contributed by atoms with Crippen molar-refractivity contribution in [1.82, 2.24) is 10.0 Å². The van der Waals surface area contributed by atoms with Gasteiger partial charge in [-0.15, -0.1) is 0 Å². The molecule has 0 radical (unpaired) electrons. The van der Waals surface area contributed by atoms with Crippen molar-refractivity contribution >= 4 is 0 Å². The normalized spacial score (nSPS) is 12.6. The molecular formula is C29H38N2O. The van der Waals surface area contributed by atoms with E-state index in [-0.39, 0.29) is 6.10 Å². The minimum atomic E-state index is -0.364. The van der Waals surface area contributed by atoms with Crippen LogP contribution in [0.15, 0.2) is 91.0 Å². The van der Waals surface area contributed by atoms with Crippen molar-refractivity contribution in [2.45, 2.75) is 52.3 Å². The Morgan fingerprint density at radius 3 is 1.56 bits per heavy atom. The number of aliphatic hydroxyl groups excluding tert-OH is 1. The van der Waals surface area contributed by atoms with Gasteiger partial charge in [0, 0.05) is 26.2 Å². The van der Waals surface area contributed by atoms with Crippen LogP contribution in [0.1, 0.15) is 43.4 Å².